The van der Waals surface area contributed by atoms with E-state index in [0.29, 0.717) is 28.5 Å². The van der Waals surface area contributed by atoms with Gasteiger partial charge in [-0.1, -0.05) is 35.1 Å². The molecule has 116 valence electrons. The summed E-state index contributed by atoms with van der Waals surface area (Å²) in [6.45, 7) is 0.292. The van der Waals surface area contributed by atoms with Gasteiger partial charge in [-0.25, -0.2) is 13.1 Å². The van der Waals surface area contributed by atoms with E-state index in [0.717, 1.165) is 5.01 Å². The number of benzene rings is 1. The lowest BCUT2D eigenvalue weighted by molar-refractivity contribution is 0.580. The summed E-state index contributed by atoms with van der Waals surface area (Å²) in [6.07, 6.45) is 2.02. The first-order valence-corrected chi connectivity index (χ1v) is 9.24. The van der Waals surface area contributed by atoms with Crippen molar-refractivity contribution in [2.75, 3.05) is 6.54 Å². The van der Waals surface area contributed by atoms with Crippen LogP contribution in [0, 0.1) is 0 Å². The van der Waals surface area contributed by atoms with E-state index < -0.39 is 10.0 Å². The Labute approximate surface area is 136 Å². The molecule has 0 saturated heterocycles. The minimum Gasteiger partial charge on any atom is -0.215 e. The average molecular weight is 358 g/mol. The van der Waals surface area contributed by atoms with Gasteiger partial charge in [0.15, 0.2) is 0 Å². The lowest BCUT2D eigenvalue weighted by Gasteiger charge is -2.06. The second-order valence-electron chi connectivity index (χ2n) is 4.58. The van der Waals surface area contributed by atoms with Crippen LogP contribution in [0.25, 0.3) is 4.96 Å². The molecule has 1 aromatic carbocycles. The molecule has 3 rings (SSSR count). The molecule has 0 aliphatic carbocycles. The van der Waals surface area contributed by atoms with Crippen molar-refractivity contribution in [1.29, 1.82) is 0 Å². The number of aromatic nitrogens is 4. The molecule has 10 heteroatoms. The first-order valence-electron chi connectivity index (χ1n) is 6.39. The predicted octanol–water partition coefficient (Wildman–Crippen LogP) is 1.50. The first kappa shape index (κ1) is 15.3. The average Bonchev–Trinajstić information content (AvgIpc) is 3.02. The quantitative estimate of drug-likeness (QED) is 0.722. The second-order valence-corrected chi connectivity index (χ2v) is 7.87. The van der Waals surface area contributed by atoms with Crippen molar-refractivity contribution in [2.45, 2.75) is 12.2 Å². The largest absolute Gasteiger partial charge is 0.234 e. The monoisotopic (exact) mass is 357 g/mol. The number of nitrogens with zero attached hydrogens (tertiary/aromatic N) is 4. The number of nitrogens with one attached hydrogen (secondary N) is 1. The Morgan fingerprint density at radius 2 is 2.05 bits per heavy atom. The smallest absolute Gasteiger partial charge is 0.215 e. The Morgan fingerprint density at radius 3 is 2.77 bits per heavy atom. The lowest BCUT2D eigenvalue weighted by Crippen LogP contribution is -2.27. The molecule has 22 heavy (non-hydrogen) atoms. The number of rotatable bonds is 6. The van der Waals surface area contributed by atoms with Crippen molar-refractivity contribution >= 4 is 37.9 Å². The number of hydrogen-bond donors (Lipinski definition) is 1. The Bertz CT molecular complexity index is 844. The van der Waals surface area contributed by atoms with Crippen LogP contribution in [0.1, 0.15) is 10.6 Å². The second kappa shape index (κ2) is 6.29. The fraction of sp³-hybridized carbons (Fsp3) is 0.250. The molecule has 2 heterocycles. The van der Waals surface area contributed by atoms with Gasteiger partial charge in [-0.3, -0.25) is 0 Å². The van der Waals surface area contributed by atoms with Gasteiger partial charge in [0, 0.05) is 18.0 Å². The Hall–Kier alpha value is -1.55. The van der Waals surface area contributed by atoms with Gasteiger partial charge in [-0.2, -0.15) is 9.61 Å². The van der Waals surface area contributed by atoms with Crippen LogP contribution in [-0.2, 0) is 22.2 Å². The summed E-state index contributed by atoms with van der Waals surface area (Å²) >= 11 is 7.16. The zero-order valence-electron chi connectivity index (χ0n) is 11.3. The fourth-order valence-electron chi connectivity index (χ4n) is 1.87. The summed E-state index contributed by atoms with van der Waals surface area (Å²) in [6, 6.07) is 6.74. The summed E-state index contributed by atoms with van der Waals surface area (Å²) in [7, 11) is -3.39. The molecule has 0 amide bonds. The van der Waals surface area contributed by atoms with Crippen LogP contribution in [-0.4, -0.2) is 34.8 Å². The zero-order chi connectivity index (χ0) is 15.6. The fourth-order valence-corrected chi connectivity index (χ4v) is 3.95. The van der Waals surface area contributed by atoms with E-state index in [1.165, 1.54) is 17.7 Å². The van der Waals surface area contributed by atoms with Crippen LogP contribution in [0.5, 0.6) is 0 Å². The number of hydrogen-bond acceptors (Lipinski definition) is 6. The van der Waals surface area contributed by atoms with Crippen LogP contribution in [0.2, 0.25) is 5.02 Å². The Kier molecular flexibility index (Phi) is 4.39. The molecule has 0 bridgehead atoms. The molecule has 7 nitrogen and oxygen atoms in total. The van der Waals surface area contributed by atoms with Gasteiger partial charge in [0.25, 0.3) is 0 Å². The number of sulfonamides is 1. The highest BCUT2D eigenvalue weighted by molar-refractivity contribution is 7.88. The van der Waals surface area contributed by atoms with E-state index >= 15 is 0 Å². The van der Waals surface area contributed by atoms with Crippen molar-refractivity contribution in [3.8, 4) is 0 Å². The van der Waals surface area contributed by atoms with Crippen LogP contribution >= 0.6 is 22.9 Å². The zero-order valence-corrected chi connectivity index (χ0v) is 13.7. The van der Waals surface area contributed by atoms with E-state index in [9.17, 15) is 8.42 Å². The molecule has 0 spiro atoms. The first-order chi connectivity index (χ1) is 10.5. The van der Waals surface area contributed by atoms with Gasteiger partial charge < -0.3 is 0 Å². The summed E-state index contributed by atoms with van der Waals surface area (Å²) in [4.78, 5) is 0.694. The normalized spacial score (nSPS) is 12.0. The summed E-state index contributed by atoms with van der Waals surface area (Å²) in [5, 5.41) is 13.2. The van der Waals surface area contributed by atoms with Gasteiger partial charge in [0.1, 0.15) is 11.3 Å². The van der Waals surface area contributed by atoms with E-state index in [2.05, 4.69) is 20.0 Å². The maximum Gasteiger partial charge on any atom is 0.234 e. The minimum absolute atomic E-state index is 0.0741. The third-order valence-electron chi connectivity index (χ3n) is 2.86. The lowest BCUT2D eigenvalue weighted by atomic mass is 10.2. The summed E-state index contributed by atoms with van der Waals surface area (Å²) in [5.74, 6) is -0.0741. The number of halogens is 1. The maximum absolute atomic E-state index is 12.0. The highest BCUT2D eigenvalue weighted by Crippen LogP contribution is 2.13. The third-order valence-corrected chi connectivity index (χ3v) is 5.44. The molecule has 0 radical (unpaired) electrons. The highest BCUT2D eigenvalue weighted by atomic mass is 35.5. The topological polar surface area (TPSA) is 89.2 Å². The molecule has 0 atom stereocenters. The standard InChI is InChI=1S/C12H12ClN5O2S2/c13-10-3-1-9(2-4-10)7-22(19,20)15-6-5-11-17-18-8-14-16-12(18)21-11/h1-4,8,15H,5-7H2. The molecular weight excluding hydrogens is 346 g/mol. The molecule has 2 aromatic heterocycles. The van der Waals surface area contributed by atoms with Crippen molar-refractivity contribution in [2.24, 2.45) is 0 Å². The third kappa shape index (κ3) is 3.80. The summed E-state index contributed by atoms with van der Waals surface area (Å²) in [5.41, 5.74) is 0.690. The molecule has 0 fully saturated rings. The predicted molar refractivity (Wildman–Crippen MR) is 84.4 cm³/mol. The molecule has 0 aliphatic heterocycles. The highest BCUT2D eigenvalue weighted by Gasteiger charge is 2.12. The molecule has 0 saturated carbocycles. The molecular formula is C12H12ClN5O2S2. The minimum atomic E-state index is -3.39. The van der Waals surface area contributed by atoms with Crippen LogP contribution < -0.4 is 4.72 Å². The van der Waals surface area contributed by atoms with Crippen molar-refractivity contribution < 1.29 is 8.42 Å². The molecule has 1 N–H and O–H groups in total. The molecule has 3 aromatic rings. The summed E-state index contributed by atoms with van der Waals surface area (Å²) < 4.78 is 28.2. The van der Waals surface area contributed by atoms with Crippen molar-refractivity contribution in [1.82, 2.24) is 24.5 Å². The van der Waals surface area contributed by atoms with E-state index in [1.807, 2.05) is 0 Å². The molecule has 0 unspecified atom stereocenters. The maximum atomic E-state index is 12.0. The van der Waals surface area contributed by atoms with Crippen molar-refractivity contribution in [3.63, 3.8) is 0 Å². The van der Waals surface area contributed by atoms with Crippen LogP contribution in [0.3, 0.4) is 0 Å². The molecule has 0 aliphatic rings. The van der Waals surface area contributed by atoms with Gasteiger partial charge in [-0.15, -0.1) is 10.2 Å². The Morgan fingerprint density at radius 1 is 1.27 bits per heavy atom. The van der Waals surface area contributed by atoms with E-state index in [-0.39, 0.29) is 5.75 Å². The van der Waals surface area contributed by atoms with Gasteiger partial charge in [0.2, 0.25) is 15.0 Å². The van der Waals surface area contributed by atoms with Gasteiger partial charge in [0.05, 0.1) is 5.75 Å². The van der Waals surface area contributed by atoms with Crippen molar-refractivity contribution in [3.05, 3.63) is 46.2 Å². The van der Waals surface area contributed by atoms with E-state index in [1.54, 1.807) is 28.8 Å². The number of fused-ring (bicyclic) bond motifs is 1. The SMILES string of the molecule is O=S(=O)(Cc1ccc(Cl)cc1)NCCc1nn2cnnc2s1. The van der Waals surface area contributed by atoms with Crippen LogP contribution in [0.4, 0.5) is 0 Å². The van der Waals surface area contributed by atoms with Gasteiger partial charge >= 0.3 is 0 Å². The Balaban J connectivity index is 1.55. The van der Waals surface area contributed by atoms with Gasteiger partial charge in [-0.05, 0) is 17.7 Å². The van der Waals surface area contributed by atoms with Crippen LogP contribution in [0.15, 0.2) is 30.6 Å². The van der Waals surface area contributed by atoms with E-state index in [4.69, 9.17) is 11.6 Å².